The third-order valence-corrected chi connectivity index (χ3v) is 3.70. The number of hydrogen-bond donors (Lipinski definition) is 0. The predicted octanol–water partition coefficient (Wildman–Crippen LogP) is 4.31. The van der Waals surface area contributed by atoms with Crippen LogP contribution in [0.15, 0.2) is 50.0 Å². The first-order valence-electron chi connectivity index (χ1n) is 6.49. The summed E-state index contributed by atoms with van der Waals surface area (Å²) in [6.45, 7) is 3.95. The van der Waals surface area contributed by atoms with Gasteiger partial charge in [-0.25, -0.2) is 4.79 Å². The minimum absolute atomic E-state index is 0.332. The monoisotopic (exact) mass is 264 g/mol. The molecule has 0 saturated heterocycles. The van der Waals surface area contributed by atoms with Crippen molar-refractivity contribution in [1.82, 2.24) is 0 Å². The second-order valence-corrected chi connectivity index (χ2v) is 5.19. The topological polar surface area (TPSA) is 43.4 Å². The maximum absolute atomic E-state index is 11.5. The van der Waals surface area contributed by atoms with E-state index in [9.17, 15) is 4.79 Å². The first kappa shape index (κ1) is 11.3. The molecular formula is C17H12O3. The van der Waals surface area contributed by atoms with Gasteiger partial charge in [0.05, 0.1) is 0 Å². The van der Waals surface area contributed by atoms with Crippen molar-refractivity contribution in [1.29, 1.82) is 0 Å². The van der Waals surface area contributed by atoms with Gasteiger partial charge in [-0.05, 0) is 37.1 Å². The molecule has 20 heavy (non-hydrogen) atoms. The first-order chi connectivity index (χ1) is 9.61. The van der Waals surface area contributed by atoms with Gasteiger partial charge in [-0.15, -0.1) is 0 Å². The van der Waals surface area contributed by atoms with E-state index >= 15 is 0 Å². The summed E-state index contributed by atoms with van der Waals surface area (Å²) >= 11 is 0. The Morgan fingerprint density at radius 1 is 0.750 bits per heavy atom. The summed E-state index contributed by atoms with van der Waals surface area (Å²) in [5, 5.41) is 3.07. The summed E-state index contributed by atoms with van der Waals surface area (Å²) in [5.74, 6) is 0. The largest absolute Gasteiger partial charge is 0.456 e. The highest BCUT2D eigenvalue weighted by Crippen LogP contribution is 2.32. The van der Waals surface area contributed by atoms with Gasteiger partial charge in [-0.1, -0.05) is 12.1 Å². The molecule has 0 saturated carbocycles. The van der Waals surface area contributed by atoms with Crippen molar-refractivity contribution in [2.45, 2.75) is 13.8 Å². The van der Waals surface area contributed by atoms with Crippen molar-refractivity contribution in [2.75, 3.05) is 0 Å². The number of aryl methyl sites for hydroxylation is 2. The van der Waals surface area contributed by atoms with E-state index in [1.54, 1.807) is 6.07 Å². The predicted molar refractivity (Wildman–Crippen MR) is 79.2 cm³/mol. The lowest BCUT2D eigenvalue weighted by molar-refractivity contribution is 0.559. The zero-order chi connectivity index (χ0) is 13.9. The normalized spacial score (nSPS) is 11.7. The van der Waals surface area contributed by atoms with Gasteiger partial charge < -0.3 is 8.83 Å². The summed E-state index contributed by atoms with van der Waals surface area (Å²) in [6, 6.07) is 11.5. The molecule has 0 atom stereocenters. The minimum atomic E-state index is -0.332. The Hall–Kier alpha value is -2.55. The molecular weight excluding hydrogens is 252 g/mol. The molecule has 3 nitrogen and oxygen atoms in total. The Balaban J connectivity index is 2.24. The molecule has 0 amide bonds. The third kappa shape index (κ3) is 1.50. The summed E-state index contributed by atoms with van der Waals surface area (Å²) in [7, 11) is 0. The van der Waals surface area contributed by atoms with Crippen LogP contribution in [0.1, 0.15) is 11.1 Å². The summed E-state index contributed by atoms with van der Waals surface area (Å²) in [6.07, 6.45) is 0. The van der Waals surface area contributed by atoms with Crippen molar-refractivity contribution >= 4 is 32.9 Å². The van der Waals surface area contributed by atoms with Crippen molar-refractivity contribution in [3.8, 4) is 0 Å². The zero-order valence-electron chi connectivity index (χ0n) is 11.2. The SMILES string of the molecule is Cc1ccc2c(c1)oc1cc3oc(=O)cc(C)c3cc12. The van der Waals surface area contributed by atoms with E-state index in [1.807, 2.05) is 26.0 Å². The molecule has 0 bridgehead atoms. The highest BCUT2D eigenvalue weighted by atomic mass is 16.4. The molecule has 0 aliphatic heterocycles. The summed E-state index contributed by atoms with van der Waals surface area (Å²) < 4.78 is 11.1. The minimum Gasteiger partial charge on any atom is -0.456 e. The fourth-order valence-electron chi connectivity index (χ4n) is 2.70. The Morgan fingerprint density at radius 3 is 2.35 bits per heavy atom. The Kier molecular flexibility index (Phi) is 2.11. The van der Waals surface area contributed by atoms with Gasteiger partial charge in [0, 0.05) is 28.3 Å². The standard InChI is InChI=1S/C17H12O3/c1-9-3-4-11-13-7-12-10(2)6-17(18)20-15(12)8-16(13)19-14(11)5-9/h3-8H,1-2H3. The lowest BCUT2D eigenvalue weighted by Gasteiger charge is -2.00. The molecule has 3 heteroatoms. The van der Waals surface area contributed by atoms with Gasteiger partial charge in [-0.2, -0.15) is 0 Å². The number of rotatable bonds is 0. The average molecular weight is 264 g/mol. The van der Waals surface area contributed by atoms with Gasteiger partial charge in [0.25, 0.3) is 0 Å². The second-order valence-electron chi connectivity index (χ2n) is 5.19. The number of fused-ring (bicyclic) bond motifs is 4. The Bertz CT molecular complexity index is 1030. The molecule has 0 fully saturated rings. The van der Waals surface area contributed by atoms with Crippen LogP contribution in [-0.4, -0.2) is 0 Å². The maximum atomic E-state index is 11.5. The summed E-state index contributed by atoms with van der Waals surface area (Å²) in [5.41, 5.74) is 3.91. The zero-order valence-corrected chi connectivity index (χ0v) is 11.2. The quantitative estimate of drug-likeness (QED) is 0.444. The highest BCUT2D eigenvalue weighted by Gasteiger charge is 2.11. The molecule has 0 aliphatic carbocycles. The van der Waals surface area contributed by atoms with E-state index in [0.29, 0.717) is 5.58 Å². The number of furan rings is 1. The van der Waals surface area contributed by atoms with Gasteiger partial charge in [0.1, 0.15) is 16.7 Å². The van der Waals surface area contributed by atoms with Crippen molar-refractivity contribution in [2.24, 2.45) is 0 Å². The molecule has 98 valence electrons. The maximum Gasteiger partial charge on any atom is 0.336 e. The van der Waals surface area contributed by atoms with Crippen LogP contribution in [0.3, 0.4) is 0 Å². The molecule has 0 N–H and O–H groups in total. The molecule has 2 aromatic heterocycles. The van der Waals surface area contributed by atoms with Crippen molar-refractivity contribution in [3.63, 3.8) is 0 Å². The molecule has 0 radical (unpaired) electrons. The highest BCUT2D eigenvalue weighted by molar-refractivity contribution is 6.09. The molecule has 2 heterocycles. The first-order valence-corrected chi connectivity index (χ1v) is 6.49. The van der Waals surface area contributed by atoms with Crippen LogP contribution in [0, 0.1) is 13.8 Å². The second kappa shape index (κ2) is 3.73. The molecule has 0 unspecified atom stereocenters. The van der Waals surface area contributed by atoms with Crippen molar-refractivity contribution < 1.29 is 8.83 Å². The van der Waals surface area contributed by atoms with Gasteiger partial charge in [0.2, 0.25) is 0 Å². The van der Waals surface area contributed by atoms with E-state index in [4.69, 9.17) is 8.83 Å². The smallest absolute Gasteiger partial charge is 0.336 e. The third-order valence-electron chi connectivity index (χ3n) is 3.70. The van der Waals surface area contributed by atoms with E-state index in [2.05, 4.69) is 12.1 Å². The van der Waals surface area contributed by atoms with Gasteiger partial charge >= 0.3 is 5.63 Å². The molecule has 4 aromatic rings. The van der Waals surface area contributed by atoms with Gasteiger partial charge in [0.15, 0.2) is 0 Å². The Labute approximate surface area is 114 Å². The van der Waals surface area contributed by atoms with E-state index in [-0.39, 0.29) is 5.63 Å². The van der Waals surface area contributed by atoms with Crippen LogP contribution in [0.5, 0.6) is 0 Å². The van der Waals surface area contributed by atoms with E-state index < -0.39 is 0 Å². The van der Waals surface area contributed by atoms with Crippen molar-refractivity contribution in [3.05, 3.63) is 57.9 Å². The van der Waals surface area contributed by atoms with Crippen LogP contribution in [-0.2, 0) is 0 Å². The van der Waals surface area contributed by atoms with Crippen LogP contribution in [0.4, 0.5) is 0 Å². The van der Waals surface area contributed by atoms with Crippen LogP contribution < -0.4 is 5.63 Å². The number of benzene rings is 2. The fraction of sp³-hybridized carbons (Fsp3) is 0.118. The number of hydrogen-bond acceptors (Lipinski definition) is 3. The van der Waals surface area contributed by atoms with Crippen LogP contribution >= 0.6 is 0 Å². The lowest BCUT2D eigenvalue weighted by Crippen LogP contribution is -1.97. The van der Waals surface area contributed by atoms with Crippen LogP contribution in [0.2, 0.25) is 0 Å². The molecule has 0 spiro atoms. The molecule has 0 aliphatic rings. The van der Waals surface area contributed by atoms with Crippen LogP contribution in [0.25, 0.3) is 32.9 Å². The summed E-state index contributed by atoms with van der Waals surface area (Å²) in [4.78, 5) is 11.5. The Morgan fingerprint density at radius 2 is 1.50 bits per heavy atom. The fourth-order valence-corrected chi connectivity index (χ4v) is 2.70. The van der Waals surface area contributed by atoms with E-state index in [0.717, 1.165) is 38.5 Å². The van der Waals surface area contributed by atoms with E-state index in [1.165, 1.54) is 6.07 Å². The molecule has 2 aromatic carbocycles. The lowest BCUT2D eigenvalue weighted by atomic mass is 10.1. The van der Waals surface area contributed by atoms with Gasteiger partial charge in [-0.3, -0.25) is 0 Å². The average Bonchev–Trinajstić information content (AvgIpc) is 2.72. The molecule has 4 rings (SSSR count).